The van der Waals surface area contributed by atoms with Crippen LogP contribution in [0.2, 0.25) is 0 Å². The van der Waals surface area contributed by atoms with E-state index in [9.17, 15) is 4.79 Å². The third kappa shape index (κ3) is 3.00. The van der Waals surface area contributed by atoms with Gasteiger partial charge in [-0.25, -0.2) is 0 Å². The number of thiocarbonyl (C=S) groups is 1. The molecule has 82 valence electrons. The zero-order valence-corrected chi connectivity index (χ0v) is 10.4. The first-order valence-corrected chi connectivity index (χ1v) is 5.84. The Morgan fingerprint density at radius 2 is 2.33 bits per heavy atom. The van der Waals surface area contributed by atoms with Crippen molar-refractivity contribution in [1.82, 2.24) is 5.32 Å². The zero-order chi connectivity index (χ0) is 11.5. The minimum atomic E-state index is -0.785. The van der Waals surface area contributed by atoms with Gasteiger partial charge in [0, 0.05) is 4.88 Å². The van der Waals surface area contributed by atoms with E-state index in [1.54, 1.807) is 25.2 Å². The van der Waals surface area contributed by atoms with Crippen LogP contribution in [0, 0.1) is 5.41 Å². The van der Waals surface area contributed by atoms with Gasteiger partial charge in [-0.1, -0.05) is 18.3 Å². The molecule has 5 heteroatoms. The summed E-state index contributed by atoms with van der Waals surface area (Å²) in [6, 6.07) is 3.92. The van der Waals surface area contributed by atoms with E-state index in [-0.39, 0.29) is 10.9 Å². The van der Waals surface area contributed by atoms with Crippen molar-refractivity contribution >= 4 is 34.5 Å². The maximum Gasteiger partial charge on any atom is 0.232 e. The second-order valence-electron chi connectivity index (χ2n) is 3.75. The fourth-order valence-corrected chi connectivity index (χ4v) is 1.65. The van der Waals surface area contributed by atoms with Crippen molar-refractivity contribution in [2.75, 3.05) is 0 Å². The Kier molecular flexibility index (Phi) is 3.82. The predicted octanol–water partition coefficient (Wildman–Crippen LogP) is 1.68. The van der Waals surface area contributed by atoms with Crippen LogP contribution in [0.5, 0.6) is 0 Å². The topological polar surface area (TPSA) is 55.1 Å². The lowest BCUT2D eigenvalue weighted by atomic mass is 9.92. The Bertz CT molecular complexity index is 358. The normalized spacial score (nSPS) is 11.1. The molecule has 1 rings (SSSR count). The Balaban J connectivity index is 2.53. The number of nitrogens with two attached hydrogens (primary N) is 1. The molecule has 1 heterocycles. The summed E-state index contributed by atoms with van der Waals surface area (Å²) in [5.41, 5.74) is 4.71. The van der Waals surface area contributed by atoms with Crippen LogP contribution >= 0.6 is 23.6 Å². The fraction of sp³-hybridized carbons (Fsp3) is 0.400. The van der Waals surface area contributed by atoms with Crippen LogP contribution in [-0.4, -0.2) is 10.9 Å². The number of nitrogens with one attached hydrogen (secondary N) is 1. The van der Waals surface area contributed by atoms with Gasteiger partial charge in [0.25, 0.3) is 0 Å². The molecule has 3 N–H and O–H groups in total. The molecule has 0 saturated carbocycles. The van der Waals surface area contributed by atoms with Gasteiger partial charge in [0.05, 0.1) is 16.9 Å². The molecule has 3 nitrogen and oxygen atoms in total. The first kappa shape index (κ1) is 12.1. The van der Waals surface area contributed by atoms with E-state index in [1.165, 1.54) is 0 Å². The van der Waals surface area contributed by atoms with Crippen molar-refractivity contribution in [3.05, 3.63) is 22.4 Å². The van der Waals surface area contributed by atoms with Gasteiger partial charge in [-0.05, 0) is 25.3 Å². The maximum atomic E-state index is 11.7. The van der Waals surface area contributed by atoms with Crippen molar-refractivity contribution in [3.8, 4) is 0 Å². The molecule has 0 spiro atoms. The highest BCUT2D eigenvalue weighted by atomic mass is 32.1. The van der Waals surface area contributed by atoms with Crippen LogP contribution in [0.4, 0.5) is 0 Å². The van der Waals surface area contributed by atoms with Gasteiger partial charge in [-0.3, -0.25) is 4.79 Å². The Labute approximate surface area is 98.7 Å². The molecule has 0 aliphatic rings. The molecule has 0 unspecified atom stereocenters. The van der Waals surface area contributed by atoms with E-state index in [2.05, 4.69) is 5.32 Å². The van der Waals surface area contributed by atoms with E-state index in [4.69, 9.17) is 18.0 Å². The van der Waals surface area contributed by atoms with Crippen molar-refractivity contribution in [2.24, 2.45) is 11.1 Å². The van der Waals surface area contributed by atoms with Crippen molar-refractivity contribution < 1.29 is 4.79 Å². The standard InChI is InChI=1S/C10H14N2OS2/c1-10(2,8(11)14)9(13)12-6-7-4-3-5-15-7/h3-5H,6H2,1-2H3,(H2,11,14)(H,12,13). The Hall–Kier alpha value is -0.940. The van der Waals surface area contributed by atoms with Gasteiger partial charge >= 0.3 is 0 Å². The second kappa shape index (κ2) is 4.72. The molecule has 1 aromatic rings. The molecular formula is C10H14N2OS2. The van der Waals surface area contributed by atoms with Crippen LogP contribution in [0.3, 0.4) is 0 Å². The molecule has 1 amide bonds. The SMILES string of the molecule is CC(C)(C(=O)NCc1cccs1)C(N)=S. The van der Waals surface area contributed by atoms with Gasteiger partial charge in [0.15, 0.2) is 0 Å². The van der Waals surface area contributed by atoms with Gasteiger partial charge in [-0.15, -0.1) is 11.3 Å². The summed E-state index contributed by atoms with van der Waals surface area (Å²) in [5.74, 6) is -0.136. The van der Waals surface area contributed by atoms with Crippen LogP contribution in [0.1, 0.15) is 18.7 Å². The molecule has 0 aromatic carbocycles. The smallest absolute Gasteiger partial charge is 0.232 e. The van der Waals surface area contributed by atoms with Crippen molar-refractivity contribution in [2.45, 2.75) is 20.4 Å². The molecule has 0 radical (unpaired) electrons. The minimum Gasteiger partial charge on any atom is -0.392 e. The molecular weight excluding hydrogens is 228 g/mol. The first-order valence-electron chi connectivity index (χ1n) is 4.55. The number of hydrogen-bond donors (Lipinski definition) is 2. The van der Waals surface area contributed by atoms with E-state index in [0.29, 0.717) is 6.54 Å². The highest BCUT2D eigenvalue weighted by Gasteiger charge is 2.30. The van der Waals surface area contributed by atoms with Gasteiger partial charge < -0.3 is 11.1 Å². The van der Waals surface area contributed by atoms with Gasteiger partial charge in [0.2, 0.25) is 5.91 Å². The van der Waals surface area contributed by atoms with E-state index in [1.807, 2.05) is 17.5 Å². The molecule has 0 aliphatic carbocycles. The van der Waals surface area contributed by atoms with E-state index < -0.39 is 5.41 Å². The first-order chi connectivity index (χ1) is 6.94. The zero-order valence-electron chi connectivity index (χ0n) is 8.74. The lowest BCUT2D eigenvalue weighted by molar-refractivity contribution is -0.126. The van der Waals surface area contributed by atoms with Gasteiger partial charge in [0.1, 0.15) is 0 Å². The molecule has 15 heavy (non-hydrogen) atoms. The second-order valence-corrected chi connectivity index (χ2v) is 5.22. The summed E-state index contributed by atoms with van der Waals surface area (Å²) in [5, 5.41) is 4.78. The molecule has 1 aromatic heterocycles. The Morgan fingerprint density at radius 1 is 1.67 bits per heavy atom. The molecule has 0 bridgehead atoms. The Morgan fingerprint density at radius 3 is 2.80 bits per heavy atom. The predicted molar refractivity (Wildman–Crippen MR) is 66.7 cm³/mol. The largest absolute Gasteiger partial charge is 0.392 e. The number of carbonyl (C=O) groups excluding carboxylic acids is 1. The molecule has 0 fully saturated rings. The minimum absolute atomic E-state index is 0.136. The van der Waals surface area contributed by atoms with Crippen LogP contribution < -0.4 is 11.1 Å². The number of carbonyl (C=O) groups is 1. The number of thiophene rings is 1. The average Bonchev–Trinajstić information content (AvgIpc) is 2.66. The lowest BCUT2D eigenvalue weighted by Crippen LogP contribution is -2.44. The number of amides is 1. The maximum absolute atomic E-state index is 11.7. The summed E-state index contributed by atoms with van der Waals surface area (Å²) < 4.78 is 0. The summed E-state index contributed by atoms with van der Waals surface area (Å²) >= 11 is 6.45. The summed E-state index contributed by atoms with van der Waals surface area (Å²) in [7, 11) is 0. The average molecular weight is 242 g/mol. The lowest BCUT2D eigenvalue weighted by Gasteiger charge is -2.21. The van der Waals surface area contributed by atoms with Crippen LogP contribution in [0.25, 0.3) is 0 Å². The fourth-order valence-electron chi connectivity index (χ4n) is 0.913. The van der Waals surface area contributed by atoms with Gasteiger partial charge in [-0.2, -0.15) is 0 Å². The monoisotopic (exact) mass is 242 g/mol. The highest BCUT2D eigenvalue weighted by Crippen LogP contribution is 2.16. The summed E-state index contributed by atoms with van der Waals surface area (Å²) in [6.45, 7) is 3.97. The van der Waals surface area contributed by atoms with Crippen LogP contribution in [-0.2, 0) is 11.3 Å². The molecule has 0 saturated heterocycles. The quantitative estimate of drug-likeness (QED) is 0.790. The van der Waals surface area contributed by atoms with Crippen LogP contribution in [0.15, 0.2) is 17.5 Å². The number of rotatable bonds is 4. The third-order valence-corrected chi connectivity index (χ3v) is 3.57. The third-order valence-electron chi connectivity index (χ3n) is 2.19. The van der Waals surface area contributed by atoms with Crippen molar-refractivity contribution in [1.29, 1.82) is 0 Å². The highest BCUT2D eigenvalue weighted by molar-refractivity contribution is 7.80. The number of hydrogen-bond acceptors (Lipinski definition) is 3. The van der Waals surface area contributed by atoms with E-state index in [0.717, 1.165) is 4.88 Å². The summed E-state index contributed by atoms with van der Waals surface area (Å²) in [4.78, 5) is 13.1. The van der Waals surface area contributed by atoms with E-state index >= 15 is 0 Å². The molecule has 0 atom stereocenters. The molecule has 0 aliphatic heterocycles. The summed E-state index contributed by atoms with van der Waals surface area (Å²) in [6.07, 6.45) is 0. The van der Waals surface area contributed by atoms with Crippen molar-refractivity contribution in [3.63, 3.8) is 0 Å².